The normalized spacial score (nSPS) is 31.3. The van der Waals surface area contributed by atoms with E-state index >= 15 is 0 Å². The number of hydrogen-bond acceptors (Lipinski definition) is 3. The van der Waals surface area contributed by atoms with Gasteiger partial charge in [0.15, 0.2) is 0 Å². The molecule has 3 atom stereocenters. The summed E-state index contributed by atoms with van der Waals surface area (Å²) in [5.74, 6) is 0.00924. The summed E-state index contributed by atoms with van der Waals surface area (Å²) in [6.45, 7) is 3.05. The molecule has 2 N–H and O–H groups in total. The van der Waals surface area contributed by atoms with E-state index in [-0.39, 0.29) is 23.8 Å². The summed E-state index contributed by atoms with van der Waals surface area (Å²) >= 11 is 0. The third-order valence-electron chi connectivity index (χ3n) is 4.27. The molecule has 0 aromatic carbocycles. The molecule has 108 valence electrons. The van der Waals surface area contributed by atoms with Gasteiger partial charge < -0.3 is 15.3 Å². The van der Waals surface area contributed by atoms with Gasteiger partial charge in [-0.3, -0.25) is 9.59 Å². The van der Waals surface area contributed by atoms with Crippen LogP contribution in [0.2, 0.25) is 0 Å². The van der Waals surface area contributed by atoms with Crippen molar-refractivity contribution in [3.63, 3.8) is 0 Å². The second-order valence-electron chi connectivity index (χ2n) is 5.65. The van der Waals surface area contributed by atoms with Crippen LogP contribution in [0, 0.1) is 5.92 Å². The highest BCUT2D eigenvalue weighted by Gasteiger charge is 2.33. The maximum Gasteiger partial charge on any atom is 0.225 e. The highest BCUT2D eigenvalue weighted by atomic mass is 16.3. The van der Waals surface area contributed by atoms with Crippen molar-refractivity contribution < 1.29 is 14.7 Å². The van der Waals surface area contributed by atoms with Crippen LogP contribution in [0.1, 0.15) is 45.4 Å². The van der Waals surface area contributed by atoms with Gasteiger partial charge in [0, 0.05) is 19.5 Å². The van der Waals surface area contributed by atoms with Crippen LogP contribution in [-0.2, 0) is 9.59 Å². The minimum absolute atomic E-state index is 0.00245. The molecule has 5 nitrogen and oxygen atoms in total. The minimum Gasteiger partial charge on any atom is -0.391 e. The molecule has 19 heavy (non-hydrogen) atoms. The van der Waals surface area contributed by atoms with E-state index in [0.717, 1.165) is 32.1 Å². The summed E-state index contributed by atoms with van der Waals surface area (Å²) in [5.41, 5.74) is 0. The second kappa shape index (κ2) is 6.37. The average molecular weight is 268 g/mol. The number of nitrogens with one attached hydrogen (secondary N) is 1. The lowest BCUT2D eigenvalue weighted by Crippen LogP contribution is -2.47. The van der Waals surface area contributed by atoms with Crippen LogP contribution in [-0.4, -0.2) is 47.1 Å². The summed E-state index contributed by atoms with van der Waals surface area (Å²) in [4.78, 5) is 25.5. The van der Waals surface area contributed by atoms with Crippen LogP contribution < -0.4 is 5.32 Å². The lowest BCUT2D eigenvalue weighted by Gasteiger charge is -2.29. The van der Waals surface area contributed by atoms with E-state index in [0.29, 0.717) is 19.5 Å². The van der Waals surface area contributed by atoms with Crippen LogP contribution in [0.3, 0.4) is 0 Å². The van der Waals surface area contributed by atoms with Gasteiger partial charge in [0.25, 0.3) is 0 Å². The minimum atomic E-state index is -0.410. The number of aliphatic hydroxyl groups excluding tert-OH is 1. The molecule has 0 aromatic heterocycles. The number of aliphatic hydroxyl groups is 1. The van der Waals surface area contributed by atoms with Crippen molar-refractivity contribution in [3.05, 3.63) is 0 Å². The van der Waals surface area contributed by atoms with Crippen molar-refractivity contribution >= 4 is 11.8 Å². The molecule has 1 saturated heterocycles. The molecule has 1 heterocycles. The van der Waals surface area contributed by atoms with Crippen LogP contribution in [0.25, 0.3) is 0 Å². The molecule has 2 amide bonds. The summed E-state index contributed by atoms with van der Waals surface area (Å²) < 4.78 is 0. The zero-order valence-corrected chi connectivity index (χ0v) is 11.6. The van der Waals surface area contributed by atoms with Crippen molar-refractivity contribution in [2.75, 3.05) is 13.1 Å². The van der Waals surface area contributed by atoms with Crippen molar-refractivity contribution in [2.24, 2.45) is 5.92 Å². The van der Waals surface area contributed by atoms with E-state index in [1.54, 1.807) is 4.90 Å². The standard InChI is InChI=1S/C14H24N2O3/c1-2-13(18)16-8-7-10(9-16)14(19)15-11-5-3-4-6-12(11)17/h10-12,17H,2-9H2,1H3,(H,15,19). The van der Waals surface area contributed by atoms with E-state index < -0.39 is 6.10 Å². The monoisotopic (exact) mass is 268 g/mol. The van der Waals surface area contributed by atoms with Gasteiger partial charge >= 0.3 is 0 Å². The van der Waals surface area contributed by atoms with Gasteiger partial charge in [0.2, 0.25) is 11.8 Å². The van der Waals surface area contributed by atoms with Gasteiger partial charge in [0.1, 0.15) is 0 Å². The second-order valence-corrected chi connectivity index (χ2v) is 5.65. The van der Waals surface area contributed by atoms with Crippen LogP contribution >= 0.6 is 0 Å². The molecule has 1 saturated carbocycles. The van der Waals surface area contributed by atoms with Gasteiger partial charge in [-0.15, -0.1) is 0 Å². The first-order valence-electron chi connectivity index (χ1n) is 7.38. The predicted octanol–water partition coefficient (Wildman–Crippen LogP) is 0.665. The Balaban J connectivity index is 1.82. The smallest absolute Gasteiger partial charge is 0.225 e. The number of carbonyl (C=O) groups is 2. The number of carbonyl (C=O) groups excluding carboxylic acids is 2. The molecule has 3 unspecified atom stereocenters. The van der Waals surface area contributed by atoms with Crippen LogP contribution in [0.4, 0.5) is 0 Å². The highest BCUT2D eigenvalue weighted by Crippen LogP contribution is 2.21. The zero-order valence-electron chi connectivity index (χ0n) is 11.6. The Morgan fingerprint density at radius 2 is 2.00 bits per heavy atom. The van der Waals surface area contributed by atoms with Crippen molar-refractivity contribution in [2.45, 2.75) is 57.6 Å². The quantitative estimate of drug-likeness (QED) is 0.790. The molecule has 0 radical (unpaired) electrons. The van der Waals surface area contributed by atoms with Crippen molar-refractivity contribution in [1.29, 1.82) is 0 Å². The maximum atomic E-state index is 12.2. The van der Waals surface area contributed by atoms with Crippen LogP contribution in [0.5, 0.6) is 0 Å². The van der Waals surface area contributed by atoms with Gasteiger partial charge in [-0.1, -0.05) is 19.8 Å². The molecule has 2 fully saturated rings. The Hall–Kier alpha value is -1.10. The first kappa shape index (κ1) is 14.3. The van der Waals surface area contributed by atoms with Gasteiger partial charge in [-0.05, 0) is 19.3 Å². The van der Waals surface area contributed by atoms with E-state index in [9.17, 15) is 14.7 Å². The third kappa shape index (κ3) is 3.47. The number of rotatable bonds is 3. The Morgan fingerprint density at radius 3 is 2.68 bits per heavy atom. The Morgan fingerprint density at radius 1 is 1.26 bits per heavy atom. The molecule has 1 aliphatic heterocycles. The summed E-state index contributed by atoms with van der Waals surface area (Å²) in [6.07, 6.45) is 4.55. The fourth-order valence-corrected chi connectivity index (χ4v) is 3.00. The lowest BCUT2D eigenvalue weighted by atomic mass is 9.92. The molecular formula is C14H24N2O3. The first-order valence-corrected chi connectivity index (χ1v) is 7.38. The highest BCUT2D eigenvalue weighted by molar-refractivity contribution is 5.82. The van der Waals surface area contributed by atoms with Crippen molar-refractivity contribution in [3.8, 4) is 0 Å². The zero-order chi connectivity index (χ0) is 13.8. The molecule has 2 aliphatic rings. The number of amides is 2. The van der Waals surface area contributed by atoms with Crippen molar-refractivity contribution in [1.82, 2.24) is 10.2 Å². The molecule has 1 aliphatic carbocycles. The predicted molar refractivity (Wildman–Crippen MR) is 71.4 cm³/mol. The summed E-state index contributed by atoms with van der Waals surface area (Å²) in [6, 6.07) is -0.0998. The first-order chi connectivity index (χ1) is 9.11. The summed E-state index contributed by atoms with van der Waals surface area (Å²) in [5, 5.41) is 12.8. The molecular weight excluding hydrogens is 244 g/mol. The fourth-order valence-electron chi connectivity index (χ4n) is 3.00. The van der Waals surface area contributed by atoms with E-state index in [4.69, 9.17) is 0 Å². The fraction of sp³-hybridized carbons (Fsp3) is 0.857. The Kier molecular flexibility index (Phi) is 4.80. The maximum absolute atomic E-state index is 12.2. The largest absolute Gasteiger partial charge is 0.391 e. The van der Waals surface area contributed by atoms with Gasteiger partial charge in [0.05, 0.1) is 18.1 Å². The Bertz CT molecular complexity index is 346. The molecule has 0 bridgehead atoms. The van der Waals surface area contributed by atoms with Gasteiger partial charge in [-0.2, -0.15) is 0 Å². The summed E-state index contributed by atoms with van der Waals surface area (Å²) in [7, 11) is 0. The molecule has 0 aromatic rings. The number of nitrogens with zero attached hydrogens (tertiary/aromatic N) is 1. The third-order valence-corrected chi connectivity index (χ3v) is 4.27. The van der Waals surface area contributed by atoms with Crippen LogP contribution in [0.15, 0.2) is 0 Å². The topological polar surface area (TPSA) is 69.6 Å². The van der Waals surface area contributed by atoms with E-state index in [1.807, 2.05) is 6.92 Å². The van der Waals surface area contributed by atoms with Gasteiger partial charge in [-0.25, -0.2) is 0 Å². The lowest BCUT2D eigenvalue weighted by molar-refractivity contribution is -0.130. The molecule has 0 spiro atoms. The number of hydrogen-bond donors (Lipinski definition) is 2. The Labute approximate surface area is 114 Å². The SMILES string of the molecule is CCC(=O)N1CCC(C(=O)NC2CCCCC2O)C1. The molecule has 5 heteroatoms. The average Bonchev–Trinajstić information content (AvgIpc) is 2.90. The van der Waals surface area contributed by atoms with E-state index in [2.05, 4.69) is 5.32 Å². The number of likely N-dealkylation sites (tertiary alicyclic amines) is 1. The van der Waals surface area contributed by atoms with E-state index in [1.165, 1.54) is 0 Å². The molecule has 2 rings (SSSR count).